The van der Waals surface area contributed by atoms with E-state index in [1.54, 1.807) is 18.2 Å². The molecule has 240 valence electrons. The Labute approximate surface area is 293 Å². The van der Waals surface area contributed by atoms with Gasteiger partial charge in [0.2, 0.25) is 0 Å². The van der Waals surface area contributed by atoms with Crippen LogP contribution in [0.25, 0.3) is 88.5 Å². The van der Waals surface area contributed by atoms with Gasteiger partial charge in [-0.15, -0.1) is 0 Å². The van der Waals surface area contributed by atoms with Gasteiger partial charge in [-0.25, -0.2) is 9.97 Å². The number of alkyl halides is 2. The number of hydrogen-bond donors (Lipinski definition) is 0. The van der Waals surface area contributed by atoms with Gasteiger partial charge in [-0.1, -0.05) is 133 Å². The van der Waals surface area contributed by atoms with Gasteiger partial charge in [0.1, 0.15) is 0 Å². The fourth-order valence-corrected chi connectivity index (χ4v) is 7.49. The Kier molecular flexibility index (Phi) is 6.49. The SMILES string of the molecule is FC1(F)c2ccccc2-c2ccc(-c3ccc4ccc(-c5nc(-c6ccc7ccccc7c6)cc(-c6ccc7ccccc7c6)n5)cc4c3)cc21. The number of benzene rings is 8. The maximum absolute atomic E-state index is 15.6. The lowest BCUT2D eigenvalue weighted by molar-refractivity contribution is 0.0480. The minimum absolute atomic E-state index is 0.0511. The molecule has 2 nitrogen and oxygen atoms in total. The van der Waals surface area contributed by atoms with Crippen molar-refractivity contribution in [3.05, 3.63) is 181 Å². The Bertz CT molecular complexity index is 2760. The summed E-state index contributed by atoms with van der Waals surface area (Å²) in [6.07, 6.45) is 0. The van der Waals surface area contributed by atoms with Crippen molar-refractivity contribution in [1.82, 2.24) is 9.97 Å². The first-order valence-corrected chi connectivity index (χ1v) is 17.0. The van der Waals surface area contributed by atoms with E-state index >= 15 is 8.78 Å². The van der Waals surface area contributed by atoms with Crippen LogP contribution in [-0.4, -0.2) is 9.97 Å². The minimum atomic E-state index is -3.04. The molecule has 1 aliphatic carbocycles. The van der Waals surface area contributed by atoms with Gasteiger partial charge in [0.05, 0.1) is 11.4 Å². The highest BCUT2D eigenvalue weighted by molar-refractivity contribution is 5.93. The van der Waals surface area contributed by atoms with Crippen molar-refractivity contribution in [3.63, 3.8) is 0 Å². The van der Waals surface area contributed by atoms with E-state index in [1.807, 2.05) is 42.5 Å². The van der Waals surface area contributed by atoms with Crippen molar-refractivity contribution in [3.8, 4) is 56.2 Å². The quantitative estimate of drug-likeness (QED) is 0.188. The molecule has 0 saturated carbocycles. The highest BCUT2D eigenvalue weighted by atomic mass is 19.3. The van der Waals surface area contributed by atoms with Crippen LogP contribution in [0, 0.1) is 0 Å². The maximum Gasteiger partial charge on any atom is 0.299 e. The summed E-state index contributed by atoms with van der Waals surface area (Å²) in [4.78, 5) is 10.3. The number of hydrogen-bond acceptors (Lipinski definition) is 2. The molecular weight excluding hydrogens is 631 g/mol. The summed E-state index contributed by atoms with van der Waals surface area (Å²) in [5.41, 5.74) is 7.50. The Morgan fingerprint density at radius 2 is 0.784 bits per heavy atom. The summed E-state index contributed by atoms with van der Waals surface area (Å²) in [5.74, 6) is -2.42. The zero-order valence-corrected chi connectivity index (χ0v) is 27.3. The topological polar surface area (TPSA) is 25.8 Å². The van der Waals surface area contributed by atoms with Gasteiger partial charge in [0, 0.05) is 27.8 Å². The van der Waals surface area contributed by atoms with E-state index in [2.05, 4.69) is 103 Å². The van der Waals surface area contributed by atoms with Gasteiger partial charge in [-0.05, 0) is 91.0 Å². The van der Waals surface area contributed by atoms with Crippen LogP contribution < -0.4 is 0 Å². The molecule has 0 N–H and O–H groups in total. The second-order valence-corrected chi connectivity index (χ2v) is 13.2. The van der Waals surface area contributed by atoms with Crippen molar-refractivity contribution >= 4 is 32.3 Å². The molecule has 8 aromatic carbocycles. The lowest BCUT2D eigenvalue weighted by Crippen LogP contribution is -2.10. The van der Waals surface area contributed by atoms with Gasteiger partial charge in [0.15, 0.2) is 5.82 Å². The fraction of sp³-hybridized carbons (Fsp3) is 0.0213. The number of rotatable bonds is 4. The molecule has 0 radical (unpaired) electrons. The molecule has 1 heterocycles. The van der Waals surface area contributed by atoms with E-state index < -0.39 is 5.92 Å². The van der Waals surface area contributed by atoms with Crippen molar-refractivity contribution in [2.45, 2.75) is 5.92 Å². The smallest absolute Gasteiger partial charge is 0.228 e. The molecular formula is C47H28F2N2. The Morgan fingerprint density at radius 3 is 1.45 bits per heavy atom. The Balaban J connectivity index is 1.10. The van der Waals surface area contributed by atoms with Gasteiger partial charge in [0.25, 0.3) is 5.92 Å². The molecule has 1 aliphatic rings. The van der Waals surface area contributed by atoms with Crippen LogP contribution in [-0.2, 0) is 5.92 Å². The lowest BCUT2D eigenvalue weighted by Gasteiger charge is -2.14. The van der Waals surface area contributed by atoms with Gasteiger partial charge >= 0.3 is 0 Å². The van der Waals surface area contributed by atoms with Crippen molar-refractivity contribution in [2.75, 3.05) is 0 Å². The predicted octanol–water partition coefficient (Wildman–Crippen LogP) is 12.7. The van der Waals surface area contributed by atoms with Crippen LogP contribution >= 0.6 is 0 Å². The molecule has 0 spiro atoms. The van der Waals surface area contributed by atoms with Crippen LogP contribution in [0.15, 0.2) is 170 Å². The minimum Gasteiger partial charge on any atom is -0.228 e. The molecule has 0 atom stereocenters. The van der Waals surface area contributed by atoms with Crippen LogP contribution in [0.1, 0.15) is 11.1 Å². The predicted molar refractivity (Wildman–Crippen MR) is 205 cm³/mol. The van der Waals surface area contributed by atoms with E-state index in [4.69, 9.17) is 9.97 Å². The lowest BCUT2D eigenvalue weighted by atomic mass is 9.96. The average molecular weight is 659 g/mol. The first-order chi connectivity index (χ1) is 25.0. The number of fused-ring (bicyclic) bond motifs is 6. The standard InChI is InChI=1S/C47H28F2N2/c48-47(49)42-12-6-5-11-40(42)41-22-21-35(27-43(41)47)34-17-13-31-16-20-38(26-39(31)25-34)46-50-44(36-18-14-29-7-1-3-9-32(29)23-36)28-45(51-46)37-19-15-30-8-2-4-10-33(30)24-37/h1-28H. The first kappa shape index (κ1) is 29.4. The van der Waals surface area contributed by atoms with Crippen molar-refractivity contribution in [1.29, 1.82) is 0 Å². The van der Waals surface area contributed by atoms with Gasteiger partial charge in [-0.2, -0.15) is 8.78 Å². The van der Waals surface area contributed by atoms with E-state index in [1.165, 1.54) is 16.8 Å². The summed E-state index contributed by atoms with van der Waals surface area (Å²) in [6.45, 7) is 0. The third kappa shape index (κ3) is 4.91. The first-order valence-electron chi connectivity index (χ1n) is 17.0. The van der Waals surface area contributed by atoms with E-state index in [9.17, 15) is 0 Å². The number of aromatic nitrogens is 2. The molecule has 10 rings (SSSR count). The van der Waals surface area contributed by atoms with Crippen LogP contribution in [0.5, 0.6) is 0 Å². The van der Waals surface area contributed by atoms with Gasteiger partial charge < -0.3 is 0 Å². The largest absolute Gasteiger partial charge is 0.299 e. The monoisotopic (exact) mass is 658 g/mol. The van der Waals surface area contributed by atoms with E-state index in [0.717, 1.165) is 60.8 Å². The zero-order chi connectivity index (χ0) is 34.1. The summed E-state index contributed by atoms with van der Waals surface area (Å²) in [7, 11) is 0. The molecule has 51 heavy (non-hydrogen) atoms. The molecule has 0 unspecified atom stereocenters. The summed E-state index contributed by atoms with van der Waals surface area (Å²) < 4.78 is 31.1. The average Bonchev–Trinajstić information content (AvgIpc) is 3.42. The van der Waals surface area contributed by atoms with Gasteiger partial charge in [-0.3, -0.25) is 0 Å². The highest BCUT2D eigenvalue weighted by Gasteiger charge is 2.44. The molecule has 1 aromatic heterocycles. The van der Waals surface area contributed by atoms with Crippen molar-refractivity contribution < 1.29 is 8.78 Å². The Morgan fingerprint density at radius 1 is 0.333 bits per heavy atom. The fourth-order valence-electron chi connectivity index (χ4n) is 7.49. The molecule has 4 heteroatoms. The maximum atomic E-state index is 15.6. The number of nitrogens with zero attached hydrogens (tertiary/aromatic N) is 2. The summed E-state index contributed by atoms with van der Waals surface area (Å²) in [5, 5.41) is 6.66. The van der Waals surface area contributed by atoms with E-state index in [-0.39, 0.29) is 11.1 Å². The molecule has 0 amide bonds. The van der Waals surface area contributed by atoms with E-state index in [0.29, 0.717) is 17.0 Å². The molecule has 0 bridgehead atoms. The zero-order valence-electron chi connectivity index (χ0n) is 27.3. The second-order valence-electron chi connectivity index (χ2n) is 13.2. The molecule has 0 fully saturated rings. The molecule has 0 saturated heterocycles. The summed E-state index contributed by atoms with van der Waals surface area (Å²) >= 11 is 0. The molecule has 0 aliphatic heterocycles. The highest BCUT2D eigenvalue weighted by Crippen LogP contribution is 2.51. The Hall–Kier alpha value is -6.52. The summed E-state index contributed by atoms with van der Waals surface area (Å²) in [6, 6.07) is 56.1. The number of halogens is 2. The molecule has 9 aromatic rings. The van der Waals surface area contributed by atoms with Crippen LogP contribution in [0.2, 0.25) is 0 Å². The van der Waals surface area contributed by atoms with Crippen LogP contribution in [0.3, 0.4) is 0 Å². The van der Waals surface area contributed by atoms with Crippen LogP contribution in [0.4, 0.5) is 8.78 Å². The second kappa shape index (κ2) is 11.3. The van der Waals surface area contributed by atoms with Crippen molar-refractivity contribution in [2.24, 2.45) is 0 Å². The third-order valence-electron chi connectivity index (χ3n) is 10.2. The normalized spacial score (nSPS) is 13.1. The third-order valence-corrected chi connectivity index (χ3v) is 10.2.